The first-order valence-corrected chi connectivity index (χ1v) is 13.3. The fraction of sp³-hybridized carbons (Fsp3) is 0.333. The number of nitrogens with two attached hydrogens (primary N) is 1. The van der Waals surface area contributed by atoms with Crippen LogP contribution in [-0.2, 0) is 11.2 Å². The molecule has 3 aromatic rings. The Morgan fingerprint density at radius 3 is 2.77 bits per heavy atom. The highest BCUT2D eigenvalue weighted by Gasteiger charge is 2.27. The summed E-state index contributed by atoms with van der Waals surface area (Å²) in [7, 11) is 0. The largest absolute Gasteiger partial charge is 0.369 e. The number of carbonyl (C=O) groups is 2. The van der Waals surface area contributed by atoms with Gasteiger partial charge in [0.1, 0.15) is 11.6 Å². The zero-order chi connectivity index (χ0) is 27.6. The van der Waals surface area contributed by atoms with Crippen LogP contribution in [0.25, 0.3) is 11.3 Å². The maximum absolute atomic E-state index is 13.6. The lowest BCUT2D eigenvalue weighted by Gasteiger charge is -2.36. The number of piperidine rings is 1. The maximum atomic E-state index is 13.6. The molecule has 2 aromatic carbocycles. The molecule has 202 valence electrons. The van der Waals surface area contributed by atoms with Crippen molar-refractivity contribution in [2.24, 2.45) is 5.73 Å². The Hall–Kier alpha value is -4.29. The molecule has 1 aliphatic rings. The molecule has 1 fully saturated rings. The lowest BCUT2D eigenvalue weighted by atomic mass is 10.0. The second-order valence-corrected chi connectivity index (χ2v) is 9.54. The smallest absolute Gasteiger partial charge is 0.255 e. The van der Waals surface area contributed by atoms with Gasteiger partial charge in [-0.05, 0) is 61.6 Å². The number of benzene rings is 2. The van der Waals surface area contributed by atoms with E-state index in [0.29, 0.717) is 67.2 Å². The Morgan fingerprint density at radius 1 is 1.13 bits per heavy atom. The van der Waals surface area contributed by atoms with E-state index in [1.54, 1.807) is 30.3 Å². The van der Waals surface area contributed by atoms with Crippen molar-refractivity contribution in [3.05, 3.63) is 83.2 Å². The molecule has 39 heavy (non-hydrogen) atoms. The van der Waals surface area contributed by atoms with Gasteiger partial charge in [-0.15, -0.1) is 0 Å². The van der Waals surface area contributed by atoms with Gasteiger partial charge in [-0.1, -0.05) is 30.3 Å². The van der Waals surface area contributed by atoms with Crippen molar-refractivity contribution in [1.29, 1.82) is 5.26 Å². The van der Waals surface area contributed by atoms with Crippen molar-refractivity contribution in [2.75, 3.05) is 31.5 Å². The van der Waals surface area contributed by atoms with Crippen molar-refractivity contribution < 1.29 is 14.0 Å². The van der Waals surface area contributed by atoms with Crippen LogP contribution in [0.1, 0.15) is 47.2 Å². The van der Waals surface area contributed by atoms with E-state index in [0.717, 1.165) is 24.8 Å². The number of halogens is 1. The molecule has 2 amide bonds. The first-order chi connectivity index (χ1) is 19.0. The number of rotatable bonds is 10. The molecule has 0 bridgehead atoms. The van der Waals surface area contributed by atoms with Gasteiger partial charge in [0.15, 0.2) is 0 Å². The molecular formula is C30H33FN6O2. The monoisotopic (exact) mass is 528 g/mol. The first kappa shape index (κ1) is 27.7. The number of pyridine rings is 1. The van der Waals surface area contributed by atoms with E-state index >= 15 is 0 Å². The number of carbonyl (C=O) groups excluding carboxylic acids is 2. The van der Waals surface area contributed by atoms with Gasteiger partial charge in [0, 0.05) is 44.2 Å². The Morgan fingerprint density at radius 2 is 1.97 bits per heavy atom. The number of amides is 2. The number of nitriles is 1. The highest BCUT2D eigenvalue weighted by atomic mass is 19.1. The third-order valence-electron chi connectivity index (χ3n) is 6.86. The fourth-order valence-electron chi connectivity index (χ4n) is 4.86. The highest BCUT2D eigenvalue weighted by Crippen LogP contribution is 2.25. The van der Waals surface area contributed by atoms with Crippen molar-refractivity contribution in [3.8, 4) is 17.3 Å². The van der Waals surface area contributed by atoms with Crippen molar-refractivity contribution in [3.63, 3.8) is 0 Å². The normalized spacial score (nSPS) is 14.9. The minimum Gasteiger partial charge on any atom is -0.369 e. The summed E-state index contributed by atoms with van der Waals surface area (Å²) in [6, 6.07) is 19.0. The summed E-state index contributed by atoms with van der Waals surface area (Å²) in [5, 5.41) is 15.8. The van der Waals surface area contributed by atoms with Gasteiger partial charge in [0.05, 0.1) is 22.9 Å². The predicted octanol–water partition coefficient (Wildman–Crippen LogP) is 3.87. The third kappa shape index (κ3) is 7.18. The van der Waals surface area contributed by atoms with Crippen LogP contribution in [0, 0.1) is 17.1 Å². The number of aromatic nitrogens is 1. The molecule has 1 saturated heterocycles. The molecule has 2 heterocycles. The number of nitrogens with one attached hydrogen (secondary N) is 2. The van der Waals surface area contributed by atoms with Crippen LogP contribution in [0.5, 0.6) is 0 Å². The lowest BCUT2D eigenvalue weighted by molar-refractivity contribution is -0.134. The van der Waals surface area contributed by atoms with E-state index in [2.05, 4.69) is 16.7 Å². The number of hydrogen-bond acceptors (Lipinski definition) is 6. The van der Waals surface area contributed by atoms with Crippen LogP contribution in [0.15, 0.2) is 60.7 Å². The molecule has 4 N–H and O–H groups in total. The molecular weight excluding hydrogens is 495 g/mol. The number of nitrogens with zero attached hydrogens (tertiary/aromatic N) is 3. The summed E-state index contributed by atoms with van der Waals surface area (Å²) in [4.78, 5) is 32.4. The summed E-state index contributed by atoms with van der Waals surface area (Å²) in [6.07, 6.45) is 3.57. The molecule has 4 rings (SSSR count). The van der Waals surface area contributed by atoms with Crippen molar-refractivity contribution >= 4 is 17.6 Å². The molecule has 9 heteroatoms. The standard InChI is InChI=1S/C30H33FN6O2/c31-23-8-5-6-21(18-23)14-16-34-29-26(11-12-27(36-29)25-10-2-1-7-22(25)19-33)30(39)35-20-24-9-3-4-17-37(24)28(38)13-15-32/h1-2,5-8,10-12,18,24H,3-4,9,13-17,20,32H2,(H,34,36)(H,35,39)/t24-/m1/s1. The Labute approximate surface area is 228 Å². The second kappa shape index (κ2) is 13.5. The van der Waals surface area contributed by atoms with Crippen molar-refractivity contribution in [2.45, 2.75) is 38.1 Å². The Bertz CT molecular complexity index is 1360. The van der Waals surface area contributed by atoms with Crippen LogP contribution >= 0.6 is 0 Å². The lowest BCUT2D eigenvalue weighted by Crippen LogP contribution is -2.49. The summed E-state index contributed by atoms with van der Waals surface area (Å²) < 4.78 is 13.6. The van der Waals surface area contributed by atoms with Gasteiger partial charge in [-0.25, -0.2) is 9.37 Å². The van der Waals surface area contributed by atoms with Gasteiger partial charge < -0.3 is 21.3 Å². The van der Waals surface area contributed by atoms with E-state index in [1.165, 1.54) is 12.1 Å². The molecule has 0 spiro atoms. The van der Waals surface area contributed by atoms with E-state index < -0.39 is 0 Å². The molecule has 1 atom stereocenters. The summed E-state index contributed by atoms with van der Waals surface area (Å²) in [5.74, 6) is -0.234. The Kier molecular flexibility index (Phi) is 9.59. The quantitative estimate of drug-likeness (QED) is 0.367. The molecule has 0 unspecified atom stereocenters. The Balaban J connectivity index is 1.54. The molecule has 1 aliphatic heterocycles. The summed E-state index contributed by atoms with van der Waals surface area (Å²) in [5.41, 5.74) is 8.45. The third-order valence-corrected chi connectivity index (χ3v) is 6.86. The van der Waals surface area contributed by atoms with Crippen molar-refractivity contribution in [1.82, 2.24) is 15.2 Å². The fourth-order valence-corrected chi connectivity index (χ4v) is 4.86. The average molecular weight is 529 g/mol. The van der Waals surface area contributed by atoms with E-state index in [9.17, 15) is 19.2 Å². The van der Waals surface area contributed by atoms with Crippen LogP contribution < -0.4 is 16.4 Å². The summed E-state index contributed by atoms with van der Waals surface area (Å²) in [6.45, 7) is 1.72. The van der Waals surface area contributed by atoms with Gasteiger partial charge in [0.25, 0.3) is 5.91 Å². The van der Waals surface area contributed by atoms with Crippen LogP contribution in [-0.4, -0.2) is 53.9 Å². The van der Waals surface area contributed by atoms with Gasteiger partial charge in [-0.2, -0.15) is 5.26 Å². The van der Waals surface area contributed by atoms with Crippen LogP contribution in [0.4, 0.5) is 10.2 Å². The van der Waals surface area contributed by atoms with Gasteiger partial charge in [-0.3, -0.25) is 9.59 Å². The number of likely N-dealkylation sites (tertiary alicyclic amines) is 1. The number of anilines is 1. The topological polar surface area (TPSA) is 124 Å². The SMILES string of the molecule is N#Cc1ccccc1-c1ccc(C(=O)NC[C@H]2CCCCN2C(=O)CCN)c(NCCc2cccc(F)c2)n1. The predicted molar refractivity (Wildman–Crippen MR) is 148 cm³/mol. The van der Waals surface area contributed by atoms with E-state index in [-0.39, 0.29) is 23.7 Å². The zero-order valence-electron chi connectivity index (χ0n) is 21.8. The minimum absolute atomic E-state index is 0.0123. The molecule has 1 aromatic heterocycles. The first-order valence-electron chi connectivity index (χ1n) is 13.3. The van der Waals surface area contributed by atoms with Gasteiger partial charge in [0.2, 0.25) is 5.91 Å². The zero-order valence-corrected chi connectivity index (χ0v) is 21.8. The molecule has 0 radical (unpaired) electrons. The van der Waals surface area contributed by atoms with Crippen LogP contribution in [0.3, 0.4) is 0 Å². The molecule has 0 saturated carbocycles. The van der Waals surface area contributed by atoms with Crippen LogP contribution in [0.2, 0.25) is 0 Å². The maximum Gasteiger partial charge on any atom is 0.255 e. The number of hydrogen-bond donors (Lipinski definition) is 3. The minimum atomic E-state index is -0.312. The van der Waals surface area contributed by atoms with E-state index in [4.69, 9.17) is 10.7 Å². The molecule has 0 aliphatic carbocycles. The average Bonchev–Trinajstić information content (AvgIpc) is 2.96. The second-order valence-electron chi connectivity index (χ2n) is 9.54. The van der Waals surface area contributed by atoms with Gasteiger partial charge >= 0.3 is 0 Å². The molecule has 8 nitrogen and oxygen atoms in total. The highest BCUT2D eigenvalue weighted by molar-refractivity contribution is 5.99. The van der Waals surface area contributed by atoms with E-state index in [1.807, 2.05) is 23.1 Å². The summed E-state index contributed by atoms with van der Waals surface area (Å²) >= 11 is 0.